The first-order valence-electron chi connectivity index (χ1n) is 18.3. The highest BCUT2D eigenvalue weighted by atomic mass is 16.5. The standard InChI is InChI=1S/C37H74O2/c1-4-6-8-10-12-14-16-18-20-22-24-26-28-30-32-34-36(35-37(38)39-3)33-31-29-27-25-23-21-19-17-15-13-11-9-7-5-2/h36H,4-35H2,1-3H3. The predicted molar refractivity (Wildman–Crippen MR) is 175 cm³/mol. The largest absolute Gasteiger partial charge is 0.469 e. The van der Waals surface area contributed by atoms with Crippen LogP contribution in [0.5, 0.6) is 0 Å². The summed E-state index contributed by atoms with van der Waals surface area (Å²) in [7, 11) is 1.54. The minimum absolute atomic E-state index is 0.00803. The average molecular weight is 551 g/mol. The summed E-state index contributed by atoms with van der Waals surface area (Å²) in [5.74, 6) is 0.531. The van der Waals surface area contributed by atoms with Crippen LogP contribution in [0.15, 0.2) is 0 Å². The van der Waals surface area contributed by atoms with Crippen molar-refractivity contribution in [2.75, 3.05) is 7.11 Å². The Morgan fingerprint density at radius 3 is 0.872 bits per heavy atom. The minimum Gasteiger partial charge on any atom is -0.469 e. The lowest BCUT2D eigenvalue weighted by molar-refractivity contribution is -0.141. The van der Waals surface area contributed by atoms with Gasteiger partial charge in [0.05, 0.1) is 7.11 Å². The van der Waals surface area contributed by atoms with Crippen molar-refractivity contribution in [2.24, 2.45) is 5.92 Å². The van der Waals surface area contributed by atoms with Crippen molar-refractivity contribution >= 4 is 5.97 Å². The van der Waals surface area contributed by atoms with Gasteiger partial charge in [-0.05, 0) is 18.8 Å². The third-order valence-electron chi connectivity index (χ3n) is 8.86. The van der Waals surface area contributed by atoms with Gasteiger partial charge >= 0.3 is 5.97 Å². The lowest BCUT2D eigenvalue weighted by Gasteiger charge is -2.15. The summed E-state index contributed by atoms with van der Waals surface area (Å²) in [6.07, 6.45) is 43.9. The van der Waals surface area contributed by atoms with E-state index in [4.69, 9.17) is 4.74 Å². The highest BCUT2D eigenvalue weighted by Gasteiger charge is 2.14. The molecule has 1 unspecified atom stereocenters. The lowest BCUT2D eigenvalue weighted by Crippen LogP contribution is -2.10. The van der Waals surface area contributed by atoms with Gasteiger partial charge in [0, 0.05) is 6.42 Å². The molecule has 0 aromatic carbocycles. The highest BCUT2D eigenvalue weighted by molar-refractivity contribution is 5.69. The molecule has 0 rings (SSSR count). The van der Waals surface area contributed by atoms with Crippen LogP contribution in [0, 0.1) is 5.92 Å². The first kappa shape index (κ1) is 38.5. The van der Waals surface area contributed by atoms with Gasteiger partial charge in [-0.15, -0.1) is 0 Å². The molecule has 234 valence electrons. The van der Waals surface area contributed by atoms with E-state index in [1.54, 1.807) is 7.11 Å². The number of hydrogen-bond acceptors (Lipinski definition) is 2. The molecule has 0 aromatic heterocycles. The molecule has 0 aliphatic carbocycles. The van der Waals surface area contributed by atoms with E-state index < -0.39 is 0 Å². The number of esters is 1. The Labute approximate surface area is 247 Å². The summed E-state index contributed by atoms with van der Waals surface area (Å²) in [5.41, 5.74) is 0. The minimum atomic E-state index is -0.00803. The van der Waals surface area contributed by atoms with E-state index >= 15 is 0 Å². The van der Waals surface area contributed by atoms with Crippen molar-refractivity contribution in [1.29, 1.82) is 0 Å². The number of carbonyl (C=O) groups is 1. The van der Waals surface area contributed by atoms with E-state index in [0.29, 0.717) is 12.3 Å². The van der Waals surface area contributed by atoms with Gasteiger partial charge in [0.2, 0.25) is 0 Å². The van der Waals surface area contributed by atoms with Crippen molar-refractivity contribution in [1.82, 2.24) is 0 Å². The van der Waals surface area contributed by atoms with Crippen LogP contribution in [-0.4, -0.2) is 13.1 Å². The summed E-state index contributed by atoms with van der Waals surface area (Å²) in [6.45, 7) is 4.59. The second-order valence-electron chi connectivity index (χ2n) is 12.8. The van der Waals surface area contributed by atoms with Gasteiger partial charge in [0.1, 0.15) is 0 Å². The van der Waals surface area contributed by atoms with Crippen LogP contribution in [0.4, 0.5) is 0 Å². The van der Waals surface area contributed by atoms with Gasteiger partial charge in [-0.3, -0.25) is 4.79 Å². The van der Waals surface area contributed by atoms with Crippen LogP contribution in [0.1, 0.15) is 219 Å². The van der Waals surface area contributed by atoms with Gasteiger partial charge in [-0.1, -0.05) is 200 Å². The summed E-state index contributed by atoms with van der Waals surface area (Å²) >= 11 is 0. The maximum Gasteiger partial charge on any atom is 0.305 e. The average Bonchev–Trinajstić information content (AvgIpc) is 2.94. The van der Waals surface area contributed by atoms with Crippen molar-refractivity contribution in [3.63, 3.8) is 0 Å². The third kappa shape index (κ3) is 31.9. The van der Waals surface area contributed by atoms with Crippen LogP contribution in [-0.2, 0) is 9.53 Å². The van der Waals surface area contributed by atoms with E-state index in [0.717, 1.165) is 0 Å². The van der Waals surface area contributed by atoms with Crippen LogP contribution in [0.3, 0.4) is 0 Å². The monoisotopic (exact) mass is 551 g/mol. The summed E-state index contributed by atoms with van der Waals surface area (Å²) in [4.78, 5) is 11.9. The maximum absolute atomic E-state index is 11.9. The Bertz CT molecular complexity index is 460. The summed E-state index contributed by atoms with van der Waals surface area (Å²) in [5, 5.41) is 0. The second kappa shape index (κ2) is 33.7. The van der Waals surface area contributed by atoms with Crippen molar-refractivity contribution in [2.45, 2.75) is 219 Å². The van der Waals surface area contributed by atoms with Gasteiger partial charge in [-0.25, -0.2) is 0 Å². The lowest BCUT2D eigenvalue weighted by atomic mass is 9.91. The number of unbranched alkanes of at least 4 members (excludes halogenated alkanes) is 27. The maximum atomic E-state index is 11.9. The van der Waals surface area contributed by atoms with Crippen molar-refractivity contribution < 1.29 is 9.53 Å². The zero-order valence-electron chi connectivity index (χ0n) is 27.5. The van der Waals surface area contributed by atoms with E-state index in [2.05, 4.69) is 13.8 Å². The molecule has 0 heterocycles. The molecular formula is C37H74O2. The molecule has 0 saturated heterocycles. The molecule has 2 heteroatoms. The highest BCUT2D eigenvalue weighted by Crippen LogP contribution is 2.23. The Morgan fingerprint density at radius 1 is 0.410 bits per heavy atom. The Hall–Kier alpha value is -0.530. The molecule has 1 atom stereocenters. The first-order chi connectivity index (χ1) is 19.2. The smallest absolute Gasteiger partial charge is 0.305 e. The molecule has 0 spiro atoms. The molecule has 0 N–H and O–H groups in total. The number of ether oxygens (including phenoxy) is 1. The van der Waals surface area contributed by atoms with Gasteiger partial charge in [-0.2, -0.15) is 0 Å². The Balaban J connectivity index is 3.58. The fourth-order valence-electron chi connectivity index (χ4n) is 6.10. The number of methoxy groups -OCH3 is 1. The first-order valence-corrected chi connectivity index (χ1v) is 18.3. The molecule has 0 radical (unpaired) electrons. The van der Waals surface area contributed by atoms with Gasteiger partial charge in [0.15, 0.2) is 0 Å². The molecule has 0 fully saturated rings. The molecule has 0 aliphatic heterocycles. The molecule has 0 saturated carbocycles. The molecule has 2 nitrogen and oxygen atoms in total. The quantitative estimate of drug-likeness (QED) is 0.0600. The van der Waals surface area contributed by atoms with Crippen LogP contribution in [0.25, 0.3) is 0 Å². The van der Waals surface area contributed by atoms with Crippen LogP contribution < -0.4 is 0 Å². The van der Waals surface area contributed by atoms with Gasteiger partial charge in [0.25, 0.3) is 0 Å². The van der Waals surface area contributed by atoms with E-state index in [9.17, 15) is 4.79 Å². The fourth-order valence-corrected chi connectivity index (χ4v) is 6.10. The molecule has 0 aliphatic rings. The van der Waals surface area contributed by atoms with Crippen LogP contribution >= 0.6 is 0 Å². The second-order valence-corrected chi connectivity index (χ2v) is 12.8. The zero-order valence-corrected chi connectivity index (χ0v) is 27.5. The topological polar surface area (TPSA) is 26.3 Å². The zero-order chi connectivity index (χ0) is 28.5. The third-order valence-corrected chi connectivity index (χ3v) is 8.86. The molecular weight excluding hydrogens is 476 g/mol. The number of rotatable bonds is 33. The number of carbonyl (C=O) groups excluding carboxylic acids is 1. The molecule has 0 bridgehead atoms. The SMILES string of the molecule is CCCCCCCCCCCCCCCCCC(CCCCCCCCCCCCCCCC)CC(=O)OC. The fraction of sp³-hybridized carbons (Fsp3) is 0.973. The molecule has 39 heavy (non-hydrogen) atoms. The Morgan fingerprint density at radius 2 is 0.641 bits per heavy atom. The van der Waals surface area contributed by atoms with E-state index in [-0.39, 0.29) is 5.97 Å². The normalized spacial score (nSPS) is 12.2. The summed E-state index contributed by atoms with van der Waals surface area (Å²) in [6, 6.07) is 0. The predicted octanol–water partition coefficient (Wildman–Crippen LogP) is 13.3. The van der Waals surface area contributed by atoms with Crippen molar-refractivity contribution in [3.8, 4) is 0 Å². The summed E-state index contributed by atoms with van der Waals surface area (Å²) < 4.78 is 4.99. The molecule has 0 amide bonds. The van der Waals surface area contributed by atoms with E-state index in [1.165, 1.54) is 199 Å². The Kier molecular flexibility index (Phi) is 33.2. The molecule has 0 aromatic rings. The number of hydrogen-bond donors (Lipinski definition) is 0. The van der Waals surface area contributed by atoms with Gasteiger partial charge < -0.3 is 4.74 Å². The van der Waals surface area contributed by atoms with E-state index in [1.807, 2.05) is 0 Å². The van der Waals surface area contributed by atoms with Crippen molar-refractivity contribution in [3.05, 3.63) is 0 Å². The van der Waals surface area contributed by atoms with Crippen LogP contribution in [0.2, 0.25) is 0 Å².